The number of ether oxygens (including phenoxy) is 1. The third-order valence-electron chi connectivity index (χ3n) is 3.12. The molecule has 1 aromatic rings. The van der Waals surface area contributed by atoms with E-state index in [2.05, 4.69) is 12.2 Å². The zero-order valence-electron chi connectivity index (χ0n) is 10.0. The Bertz CT molecular complexity index is 419. The van der Waals surface area contributed by atoms with E-state index in [9.17, 15) is 4.79 Å². The van der Waals surface area contributed by atoms with Crippen molar-refractivity contribution in [2.24, 2.45) is 5.92 Å². The molecule has 0 aliphatic carbocycles. The summed E-state index contributed by atoms with van der Waals surface area (Å²) < 4.78 is 5.62. The summed E-state index contributed by atoms with van der Waals surface area (Å²) in [5, 5.41) is 12.1. The topological polar surface area (TPSA) is 58.6 Å². The molecule has 0 saturated carbocycles. The average molecular weight is 235 g/mol. The van der Waals surface area contributed by atoms with Crippen molar-refractivity contribution in [3.8, 4) is 5.75 Å². The van der Waals surface area contributed by atoms with E-state index in [-0.39, 0.29) is 12.0 Å². The van der Waals surface area contributed by atoms with Gasteiger partial charge in [-0.15, -0.1) is 0 Å². The number of fused-ring (bicyclic) bond motifs is 1. The molecular weight excluding hydrogens is 218 g/mol. The van der Waals surface area contributed by atoms with Crippen LogP contribution in [0.25, 0.3) is 0 Å². The van der Waals surface area contributed by atoms with Gasteiger partial charge in [-0.05, 0) is 13.0 Å². The van der Waals surface area contributed by atoms with E-state index >= 15 is 0 Å². The molecule has 1 heterocycles. The van der Waals surface area contributed by atoms with Crippen molar-refractivity contribution in [2.45, 2.75) is 25.9 Å². The van der Waals surface area contributed by atoms with Gasteiger partial charge in [0.25, 0.3) is 0 Å². The number of hydrogen-bond donors (Lipinski definition) is 2. The Balaban J connectivity index is 2.23. The van der Waals surface area contributed by atoms with E-state index in [1.807, 2.05) is 24.3 Å². The highest BCUT2D eigenvalue weighted by Gasteiger charge is 2.29. The van der Waals surface area contributed by atoms with Gasteiger partial charge in [0.1, 0.15) is 11.8 Å². The van der Waals surface area contributed by atoms with Crippen molar-refractivity contribution in [3.05, 3.63) is 29.8 Å². The molecule has 92 valence electrons. The minimum absolute atomic E-state index is 0.0334. The second-order valence-corrected chi connectivity index (χ2v) is 4.53. The Kier molecular flexibility index (Phi) is 3.33. The van der Waals surface area contributed by atoms with Gasteiger partial charge in [-0.2, -0.15) is 0 Å². The fourth-order valence-electron chi connectivity index (χ4n) is 2.09. The SMILES string of the molecule is CC(NC1c2ccccc2OCC1C)C(=O)O. The molecule has 2 N–H and O–H groups in total. The minimum atomic E-state index is -0.832. The lowest BCUT2D eigenvalue weighted by molar-refractivity contribution is -0.139. The summed E-state index contributed by atoms with van der Waals surface area (Å²) in [5.41, 5.74) is 1.04. The number of para-hydroxylation sites is 1. The van der Waals surface area contributed by atoms with Crippen LogP contribution in [0.15, 0.2) is 24.3 Å². The van der Waals surface area contributed by atoms with Gasteiger partial charge in [-0.25, -0.2) is 0 Å². The summed E-state index contributed by atoms with van der Waals surface area (Å²) >= 11 is 0. The first-order valence-electron chi connectivity index (χ1n) is 5.80. The van der Waals surface area contributed by atoms with E-state index < -0.39 is 12.0 Å². The first-order chi connectivity index (χ1) is 8.09. The van der Waals surface area contributed by atoms with Crippen molar-refractivity contribution < 1.29 is 14.6 Å². The second-order valence-electron chi connectivity index (χ2n) is 4.53. The molecule has 0 amide bonds. The molecule has 1 aliphatic rings. The number of hydrogen-bond acceptors (Lipinski definition) is 3. The normalized spacial score (nSPS) is 24.6. The fourth-order valence-corrected chi connectivity index (χ4v) is 2.09. The van der Waals surface area contributed by atoms with Crippen LogP contribution < -0.4 is 10.1 Å². The van der Waals surface area contributed by atoms with Crippen LogP contribution in [0.1, 0.15) is 25.5 Å². The van der Waals surface area contributed by atoms with E-state index in [4.69, 9.17) is 9.84 Å². The number of aliphatic carboxylic acids is 1. The number of carboxylic acids is 1. The van der Waals surface area contributed by atoms with Gasteiger partial charge in [-0.1, -0.05) is 25.1 Å². The van der Waals surface area contributed by atoms with Crippen LogP contribution in [-0.4, -0.2) is 23.7 Å². The maximum atomic E-state index is 10.9. The van der Waals surface area contributed by atoms with Gasteiger partial charge in [0.2, 0.25) is 0 Å². The lowest BCUT2D eigenvalue weighted by Crippen LogP contribution is -2.42. The summed E-state index contributed by atoms with van der Waals surface area (Å²) in [5.74, 6) is 0.272. The predicted octanol–water partition coefficient (Wildman–Crippen LogP) is 1.82. The molecular formula is C13H17NO3. The molecule has 0 bridgehead atoms. The minimum Gasteiger partial charge on any atom is -0.493 e. The molecule has 2 rings (SSSR count). The third kappa shape index (κ3) is 2.42. The molecule has 0 aromatic heterocycles. The van der Waals surface area contributed by atoms with Crippen LogP contribution >= 0.6 is 0 Å². The van der Waals surface area contributed by atoms with Gasteiger partial charge in [-0.3, -0.25) is 10.1 Å². The van der Waals surface area contributed by atoms with Gasteiger partial charge < -0.3 is 9.84 Å². The Morgan fingerprint density at radius 3 is 2.94 bits per heavy atom. The van der Waals surface area contributed by atoms with Gasteiger partial charge >= 0.3 is 5.97 Å². The third-order valence-corrected chi connectivity index (χ3v) is 3.12. The van der Waals surface area contributed by atoms with Crippen molar-refractivity contribution in [1.82, 2.24) is 5.32 Å². The Hall–Kier alpha value is -1.55. The van der Waals surface area contributed by atoms with E-state index in [1.165, 1.54) is 0 Å². The maximum Gasteiger partial charge on any atom is 0.320 e. The van der Waals surface area contributed by atoms with Gasteiger partial charge in [0.05, 0.1) is 6.61 Å². The summed E-state index contributed by atoms with van der Waals surface area (Å²) in [6.45, 7) is 4.33. The van der Waals surface area contributed by atoms with E-state index in [0.717, 1.165) is 11.3 Å². The molecule has 1 aliphatic heterocycles. The number of benzene rings is 1. The molecule has 0 radical (unpaired) electrons. The number of rotatable bonds is 3. The predicted molar refractivity (Wildman–Crippen MR) is 64.1 cm³/mol. The largest absolute Gasteiger partial charge is 0.493 e. The Morgan fingerprint density at radius 2 is 2.24 bits per heavy atom. The number of nitrogens with one attached hydrogen (secondary N) is 1. The smallest absolute Gasteiger partial charge is 0.320 e. The standard InChI is InChI=1S/C13H17NO3/c1-8-7-17-11-6-4-3-5-10(11)12(8)14-9(2)13(15)16/h3-6,8-9,12,14H,7H2,1-2H3,(H,15,16). The molecule has 3 atom stereocenters. The van der Waals surface area contributed by atoms with E-state index in [0.29, 0.717) is 6.61 Å². The molecule has 3 unspecified atom stereocenters. The summed E-state index contributed by atoms with van der Waals surface area (Å²) in [6.07, 6.45) is 0. The monoisotopic (exact) mass is 235 g/mol. The second kappa shape index (κ2) is 4.75. The van der Waals surface area contributed by atoms with Crippen LogP contribution in [0.4, 0.5) is 0 Å². The fraction of sp³-hybridized carbons (Fsp3) is 0.462. The van der Waals surface area contributed by atoms with Gasteiger partial charge in [0, 0.05) is 17.5 Å². The van der Waals surface area contributed by atoms with Crippen molar-refractivity contribution >= 4 is 5.97 Å². The quantitative estimate of drug-likeness (QED) is 0.839. The molecule has 17 heavy (non-hydrogen) atoms. The lowest BCUT2D eigenvalue weighted by atomic mass is 9.91. The zero-order chi connectivity index (χ0) is 12.4. The van der Waals surface area contributed by atoms with Crippen molar-refractivity contribution in [3.63, 3.8) is 0 Å². The van der Waals surface area contributed by atoms with Crippen LogP contribution in [0.2, 0.25) is 0 Å². The van der Waals surface area contributed by atoms with E-state index in [1.54, 1.807) is 6.92 Å². The Labute approximate surface area is 101 Å². The van der Waals surface area contributed by atoms with Crippen LogP contribution in [0.3, 0.4) is 0 Å². The van der Waals surface area contributed by atoms with Crippen LogP contribution in [-0.2, 0) is 4.79 Å². The van der Waals surface area contributed by atoms with Gasteiger partial charge in [0.15, 0.2) is 0 Å². The molecule has 1 aromatic carbocycles. The molecule has 0 fully saturated rings. The summed E-state index contributed by atoms with van der Waals surface area (Å²) in [4.78, 5) is 10.9. The maximum absolute atomic E-state index is 10.9. The molecule has 4 heteroatoms. The first kappa shape index (κ1) is 11.9. The van der Waals surface area contributed by atoms with Crippen LogP contribution in [0, 0.1) is 5.92 Å². The average Bonchev–Trinajstić information content (AvgIpc) is 2.32. The lowest BCUT2D eigenvalue weighted by Gasteiger charge is -2.33. The Morgan fingerprint density at radius 1 is 1.53 bits per heavy atom. The highest BCUT2D eigenvalue weighted by Crippen LogP contribution is 2.35. The highest BCUT2D eigenvalue weighted by molar-refractivity contribution is 5.73. The molecule has 4 nitrogen and oxygen atoms in total. The highest BCUT2D eigenvalue weighted by atomic mass is 16.5. The van der Waals surface area contributed by atoms with Crippen molar-refractivity contribution in [1.29, 1.82) is 0 Å². The van der Waals surface area contributed by atoms with Crippen molar-refractivity contribution in [2.75, 3.05) is 6.61 Å². The zero-order valence-corrected chi connectivity index (χ0v) is 10.0. The number of carboxylic acid groups (broad SMARTS) is 1. The summed E-state index contributed by atoms with van der Waals surface area (Å²) in [6, 6.07) is 7.24. The first-order valence-corrected chi connectivity index (χ1v) is 5.80. The summed E-state index contributed by atoms with van der Waals surface area (Å²) in [7, 11) is 0. The van der Waals surface area contributed by atoms with Crippen LogP contribution in [0.5, 0.6) is 5.75 Å². The molecule has 0 saturated heterocycles. The molecule has 0 spiro atoms. The number of carbonyl (C=O) groups is 1.